The van der Waals surface area contributed by atoms with E-state index in [0.717, 1.165) is 16.7 Å². The van der Waals surface area contributed by atoms with Gasteiger partial charge >= 0.3 is 0 Å². The standard InChI is InChI=1S/C13H13NO/c1-4-10-5-3-9-14-13(10)12(8-1)15-11-6-2-7-11/h1,3-5,8-9,11H,2,6-7H2. The second-order valence-corrected chi connectivity index (χ2v) is 4.00. The number of pyridine rings is 1. The first kappa shape index (κ1) is 8.72. The molecule has 1 aliphatic carbocycles. The van der Waals surface area contributed by atoms with Gasteiger partial charge in [0, 0.05) is 11.6 Å². The molecule has 2 heteroatoms. The van der Waals surface area contributed by atoms with Gasteiger partial charge in [0.15, 0.2) is 0 Å². The van der Waals surface area contributed by atoms with E-state index in [1.54, 1.807) is 0 Å². The monoisotopic (exact) mass is 199 g/mol. The van der Waals surface area contributed by atoms with Crippen LogP contribution in [0.3, 0.4) is 0 Å². The maximum Gasteiger partial charge on any atom is 0.145 e. The molecule has 1 saturated carbocycles. The molecule has 1 aromatic heterocycles. The van der Waals surface area contributed by atoms with Crippen LogP contribution in [0.15, 0.2) is 36.5 Å². The number of hydrogen-bond donors (Lipinski definition) is 0. The van der Waals surface area contributed by atoms with Crippen molar-refractivity contribution in [2.75, 3.05) is 0 Å². The van der Waals surface area contributed by atoms with Gasteiger partial charge in [0.2, 0.25) is 0 Å². The molecular weight excluding hydrogens is 186 g/mol. The molecule has 15 heavy (non-hydrogen) atoms. The second-order valence-electron chi connectivity index (χ2n) is 4.00. The van der Waals surface area contributed by atoms with Gasteiger partial charge in [-0.2, -0.15) is 0 Å². The van der Waals surface area contributed by atoms with Crippen LogP contribution < -0.4 is 4.74 Å². The first-order chi connectivity index (χ1) is 7.43. The molecule has 1 aromatic carbocycles. The summed E-state index contributed by atoms with van der Waals surface area (Å²) in [5, 5.41) is 1.15. The zero-order chi connectivity index (χ0) is 10.1. The molecule has 2 nitrogen and oxygen atoms in total. The molecule has 3 rings (SSSR count). The van der Waals surface area contributed by atoms with Gasteiger partial charge in [-0.1, -0.05) is 18.2 Å². The Morgan fingerprint density at radius 2 is 2.00 bits per heavy atom. The molecule has 2 aromatic rings. The molecule has 0 spiro atoms. The van der Waals surface area contributed by atoms with Crippen molar-refractivity contribution in [2.45, 2.75) is 25.4 Å². The maximum atomic E-state index is 5.90. The zero-order valence-electron chi connectivity index (χ0n) is 8.52. The van der Waals surface area contributed by atoms with E-state index in [1.165, 1.54) is 19.3 Å². The van der Waals surface area contributed by atoms with Gasteiger partial charge in [-0.15, -0.1) is 0 Å². The Balaban J connectivity index is 2.01. The normalized spacial score (nSPS) is 16.3. The van der Waals surface area contributed by atoms with Gasteiger partial charge in [-0.05, 0) is 31.4 Å². The Labute approximate surface area is 88.9 Å². The third-order valence-electron chi connectivity index (χ3n) is 2.94. The van der Waals surface area contributed by atoms with Gasteiger partial charge in [-0.25, -0.2) is 0 Å². The minimum Gasteiger partial charge on any atom is -0.488 e. The number of nitrogens with zero attached hydrogens (tertiary/aromatic N) is 1. The fourth-order valence-electron chi connectivity index (χ4n) is 1.84. The van der Waals surface area contributed by atoms with E-state index in [1.807, 2.05) is 24.4 Å². The van der Waals surface area contributed by atoms with Gasteiger partial charge in [0.25, 0.3) is 0 Å². The molecular formula is C13H13NO. The van der Waals surface area contributed by atoms with Crippen molar-refractivity contribution in [3.63, 3.8) is 0 Å². The Hall–Kier alpha value is -1.57. The molecule has 0 saturated heterocycles. The third kappa shape index (κ3) is 1.56. The van der Waals surface area contributed by atoms with E-state index in [4.69, 9.17) is 4.74 Å². The lowest BCUT2D eigenvalue weighted by molar-refractivity contribution is 0.122. The highest BCUT2D eigenvalue weighted by Crippen LogP contribution is 2.29. The summed E-state index contributed by atoms with van der Waals surface area (Å²) >= 11 is 0. The van der Waals surface area contributed by atoms with E-state index < -0.39 is 0 Å². The number of para-hydroxylation sites is 1. The predicted molar refractivity (Wildman–Crippen MR) is 60.0 cm³/mol. The van der Waals surface area contributed by atoms with Crippen molar-refractivity contribution in [3.8, 4) is 5.75 Å². The maximum absolute atomic E-state index is 5.90. The van der Waals surface area contributed by atoms with E-state index in [-0.39, 0.29) is 0 Å². The molecule has 1 fully saturated rings. The largest absolute Gasteiger partial charge is 0.488 e. The molecule has 1 aliphatic rings. The fourth-order valence-corrected chi connectivity index (χ4v) is 1.84. The highest BCUT2D eigenvalue weighted by Gasteiger charge is 2.19. The number of rotatable bonds is 2. The van der Waals surface area contributed by atoms with Crippen molar-refractivity contribution in [3.05, 3.63) is 36.5 Å². The number of ether oxygens (including phenoxy) is 1. The summed E-state index contributed by atoms with van der Waals surface area (Å²) in [6.07, 6.45) is 5.89. The first-order valence-corrected chi connectivity index (χ1v) is 5.44. The van der Waals surface area contributed by atoms with Crippen LogP contribution in [0, 0.1) is 0 Å². The summed E-state index contributed by atoms with van der Waals surface area (Å²) in [5.74, 6) is 0.929. The van der Waals surface area contributed by atoms with Crippen LogP contribution in [0.25, 0.3) is 10.9 Å². The fraction of sp³-hybridized carbons (Fsp3) is 0.308. The molecule has 0 N–H and O–H groups in total. The van der Waals surface area contributed by atoms with Crippen LogP contribution in [0.2, 0.25) is 0 Å². The molecule has 0 radical (unpaired) electrons. The molecule has 0 bridgehead atoms. The molecule has 0 atom stereocenters. The minimum absolute atomic E-state index is 0.414. The van der Waals surface area contributed by atoms with Crippen LogP contribution in [-0.2, 0) is 0 Å². The van der Waals surface area contributed by atoms with Crippen molar-refractivity contribution >= 4 is 10.9 Å². The number of fused-ring (bicyclic) bond motifs is 1. The SMILES string of the molecule is c1cnc2c(OC3CCC3)cccc2c1. The van der Waals surface area contributed by atoms with E-state index >= 15 is 0 Å². The average molecular weight is 199 g/mol. The lowest BCUT2D eigenvalue weighted by Gasteiger charge is -2.26. The van der Waals surface area contributed by atoms with Crippen molar-refractivity contribution in [1.29, 1.82) is 0 Å². The van der Waals surface area contributed by atoms with Crippen LogP contribution >= 0.6 is 0 Å². The van der Waals surface area contributed by atoms with Gasteiger partial charge in [0.05, 0.1) is 6.10 Å². The van der Waals surface area contributed by atoms with Gasteiger partial charge in [0.1, 0.15) is 11.3 Å². The van der Waals surface area contributed by atoms with Crippen LogP contribution in [0.4, 0.5) is 0 Å². The quantitative estimate of drug-likeness (QED) is 0.741. The lowest BCUT2D eigenvalue weighted by atomic mass is 9.96. The number of hydrogen-bond acceptors (Lipinski definition) is 2. The van der Waals surface area contributed by atoms with E-state index in [0.29, 0.717) is 6.10 Å². The molecule has 76 valence electrons. The molecule has 0 amide bonds. The zero-order valence-corrected chi connectivity index (χ0v) is 8.52. The Morgan fingerprint density at radius 1 is 1.13 bits per heavy atom. The van der Waals surface area contributed by atoms with E-state index in [2.05, 4.69) is 17.1 Å². The minimum atomic E-state index is 0.414. The summed E-state index contributed by atoms with van der Waals surface area (Å²) in [6, 6.07) is 10.1. The van der Waals surface area contributed by atoms with Gasteiger partial charge < -0.3 is 4.74 Å². The van der Waals surface area contributed by atoms with Crippen LogP contribution in [-0.4, -0.2) is 11.1 Å². The molecule has 0 aliphatic heterocycles. The van der Waals surface area contributed by atoms with Crippen molar-refractivity contribution in [1.82, 2.24) is 4.98 Å². The van der Waals surface area contributed by atoms with Crippen molar-refractivity contribution in [2.24, 2.45) is 0 Å². The van der Waals surface area contributed by atoms with Gasteiger partial charge in [-0.3, -0.25) is 4.98 Å². The number of benzene rings is 1. The Kier molecular flexibility index (Phi) is 2.05. The second kappa shape index (κ2) is 3.54. The average Bonchev–Trinajstić information content (AvgIpc) is 2.23. The Morgan fingerprint density at radius 3 is 2.80 bits per heavy atom. The molecule has 1 heterocycles. The summed E-state index contributed by atoms with van der Waals surface area (Å²) in [4.78, 5) is 4.37. The topological polar surface area (TPSA) is 22.1 Å². The van der Waals surface area contributed by atoms with Crippen LogP contribution in [0.5, 0.6) is 5.75 Å². The summed E-state index contributed by atoms with van der Waals surface area (Å²) < 4.78 is 5.90. The summed E-state index contributed by atoms with van der Waals surface area (Å²) in [5.41, 5.74) is 0.979. The predicted octanol–water partition coefficient (Wildman–Crippen LogP) is 3.17. The first-order valence-electron chi connectivity index (χ1n) is 5.44. The molecule has 0 unspecified atom stereocenters. The van der Waals surface area contributed by atoms with Crippen molar-refractivity contribution < 1.29 is 4.74 Å². The van der Waals surface area contributed by atoms with Crippen LogP contribution in [0.1, 0.15) is 19.3 Å². The smallest absolute Gasteiger partial charge is 0.145 e. The highest BCUT2D eigenvalue weighted by molar-refractivity contribution is 5.84. The number of aromatic nitrogens is 1. The Bertz CT molecular complexity index is 471. The summed E-state index contributed by atoms with van der Waals surface area (Å²) in [6.45, 7) is 0. The summed E-state index contributed by atoms with van der Waals surface area (Å²) in [7, 11) is 0. The highest BCUT2D eigenvalue weighted by atomic mass is 16.5. The third-order valence-corrected chi connectivity index (χ3v) is 2.94. The van der Waals surface area contributed by atoms with E-state index in [9.17, 15) is 0 Å². The lowest BCUT2D eigenvalue weighted by Crippen LogP contribution is -2.24.